The molecule has 1 aromatic heterocycles. The van der Waals surface area contributed by atoms with Crippen LogP contribution in [0.1, 0.15) is 56.7 Å². The van der Waals surface area contributed by atoms with Gasteiger partial charge in [0.1, 0.15) is 0 Å². The average Bonchev–Trinajstić information content (AvgIpc) is 2.92. The normalized spacial score (nSPS) is 11.7. The minimum Gasteiger partial charge on any atom is -0.375 e. The molecule has 1 amide bonds. The van der Waals surface area contributed by atoms with Gasteiger partial charge in [0, 0.05) is 19.8 Å². The number of amides is 1. The third-order valence-electron chi connectivity index (χ3n) is 3.88. The molecule has 0 saturated heterocycles. The zero-order valence-electron chi connectivity index (χ0n) is 16.0. The summed E-state index contributed by atoms with van der Waals surface area (Å²) in [5.74, 6) is 0.0343. The topological polar surface area (TPSA) is 50.2 Å². The van der Waals surface area contributed by atoms with E-state index < -0.39 is 0 Å². The second-order valence-corrected chi connectivity index (χ2v) is 8.08. The quantitative estimate of drug-likeness (QED) is 0.855. The maximum atomic E-state index is 12.8. The fourth-order valence-corrected chi connectivity index (χ4v) is 3.06. The highest BCUT2D eigenvalue weighted by molar-refractivity contribution is 6.34. The maximum absolute atomic E-state index is 12.8. The minimum atomic E-state index is -0.240. The van der Waals surface area contributed by atoms with E-state index in [1.54, 1.807) is 6.07 Å². The van der Waals surface area contributed by atoms with Crippen LogP contribution < -0.4 is 10.2 Å². The van der Waals surface area contributed by atoms with E-state index in [1.165, 1.54) is 0 Å². The molecule has 5 nitrogen and oxygen atoms in total. The van der Waals surface area contributed by atoms with Crippen molar-refractivity contribution in [2.45, 2.75) is 46.1 Å². The molecule has 0 aliphatic carbocycles. The first kappa shape index (κ1) is 19.3. The van der Waals surface area contributed by atoms with Crippen LogP contribution in [0.25, 0.3) is 0 Å². The van der Waals surface area contributed by atoms with E-state index >= 15 is 0 Å². The van der Waals surface area contributed by atoms with Crippen molar-refractivity contribution in [3.05, 3.63) is 40.7 Å². The molecule has 0 atom stereocenters. The van der Waals surface area contributed by atoms with Gasteiger partial charge in [0.05, 0.1) is 21.9 Å². The summed E-state index contributed by atoms with van der Waals surface area (Å²) >= 11 is 6.27. The van der Waals surface area contributed by atoms with Crippen molar-refractivity contribution in [1.82, 2.24) is 9.78 Å². The molecule has 25 heavy (non-hydrogen) atoms. The van der Waals surface area contributed by atoms with Crippen molar-refractivity contribution in [1.29, 1.82) is 0 Å². The van der Waals surface area contributed by atoms with Crippen LogP contribution >= 0.6 is 11.6 Å². The lowest BCUT2D eigenvalue weighted by atomic mass is 10.1. The van der Waals surface area contributed by atoms with Crippen LogP contribution in [0.3, 0.4) is 0 Å². The van der Waals surface area contributed by atoms with Crippen molar-refractivity contribution >= 4 is 28.9 Å². The number of nitrogens with one attached hydrogen (secondary N) is 1. The predicted molar refractivity (Wildman–Crippen MR) is 105 cm³/mol. The van der Waals surface area contributed by atoms with Crippen LogP contribution in [0.5, 0.6) is 0 Å². The SMILES string of the molecule is CC(C)c1cc(C(=O)Nc2cccc(Cl)c2N(C)C)nn1C(C)(C)C. The fourth-order valence-electron chi connectivity index (χ4n) is 2.71. The first-order chi connectivity index (χ1) is 11.5. The average molecular weight is 363 g/mol. The van der Waals surface area contributed by atoms with Gasteiger partial charge in [0.25, 0.3) is 5.91 Å². The van der Waals surface area contributed by atoms with Crippen LogP contribution in [0, 0.1) is 0 Å². The van der Waals surface area contributed by atoms with Crippen LogP contribution in [-0.4, -0.2) is 29.8 Å². The van der Waals surface area contributed by atoms with Crippen molar-refractivity contribution in [3.63, 3.8) is 0 Å². The number of para-hydroxylation sites is 1. The number of benzene rings is 1. The maximum Gasteiger partial charge on any atom is 0.276 e. The van der Waals surface area contributed by atoms with Gasteiger partial charge in [-0.3, -0.25) is 9.48 Å². The molecule has 6 heteroatoms. The zero-order valence-corrected chi connectivity index (χ0v) is 16.8. The molecule has 0 saturated carbocycles. The summed E-state index contributed by atoms with van der Waals surface area (Å²) in [5.41, 5.74) is 2.69. The lowest BCUT2D eigenvalue weighted by Crippen LogP contribution is -2.26. The van der Waals surface area contributed by atoms with Gasteiger partial charge in [0.15, 0.2) is 5.69 Å². The van der Waals surface area contributed by atoms with Crippen molar-refractivity contribution in [3.8, 4) is 0 Å². The van der Waals surface area contributed by atoms with Gasteiger partial charge >= 0.3 is 0 Å². The number of carbonyl (C=O) groups excluding carboxylic acids is 1. The number of anilines is 2. The zero-order chi connectivity index (χ0) is 18.9. The van der Waals surface area contributed by atoms with Crippen LogP contribution in [0.15, 0.2) is 24.3 Å². The van der Waals surface area contributed by atoms with Gasteiger partial charge in [-0.15, -0.1) is 0 Å². The lowest BCUT2D eigenvalue weighted by Gasteiger charge is -2.23. The van der Waals surface area contributed by atoms with E-state index in [0.29, 0.717) is 16.4 Å². The number of nitrogens with zero attached hydrogens (tertiary/aromatic N) is 3. The van der Waals surface area contributed by atoms with Gasteiger partial charge in [-0.25, -0.2) is 0 Å². The number of halogens is 1. The van der Waals surface area contributed by atoms with Crippen LogP contribution in [0.2, 0.25) is 5.02 Å². The van der Waals surface area contributed by atoms with E-state index in [9.17, 15) is 4.79 Å². The highest BCUT2D eigenvalue weighted by atomic mass is 35.5. The number of aromatic nitrogens is 2. The molecule has 136 valence electrons. The smallest absolute Gasteiger partial charge is 0.276 e. The third kappa shape index (κ3) is 4.15. The summed E-state index contributed by atoms with van der Waals surface area (Å²) < 4.78 is 1.93. The van der Waals surface area contributed by atoms with Gasteiger partial charge < -0.3 is 10.2 Å². The first-order valence-electron chi connectivity index (χ1n) is 8.40. The Hall–Kier alpha value is -2.01. The molecular formula is C19H27ClN4O. The molecule has 1 heterocycles. The Morgan fingerprint density at radius 3 is 2.40 bits per heavy atom. The number of hydrogen-bond acceptors (Lipinski definition) is 3. The standard InChI is InChI=1S/C19H27ClN4O/c1-12(2)16-11-15(22-24(16)19(3,4)5)18(25)21-14-10-8-9-13(20)17(14)23(6)7/h8-12H,1-7H3,(H,21,25). The van der Waals surface area contributed by atoms with Crippen molar-refractivity contribution in [2.24, 2.45) is 0 Å². The highest BCUT2D eigenvalue weighted by Crippen LogP contribution is 2.33. The predicted octanol–water partition coefficient (Wildman–Crippen LogP) is 4.73. The lowest BCUT2D eigenvalue weighted by molar-refractivity contribution is 0.102. The molecule has 0 aliphatic rings. The van der Waals surface area contributed by atoms with Gasteiger partial charge in [-0.1, -0.05) is 31.5 Å². The summed E-state index contributed by atoms with van der Waals surface area (Å²) in [7, 11) is 3.78. The molecule has 0 spiro atoms. The number of rotatable bonds is 4. The van der Waals surface area contributed by atoms with Crippen molar-refractivity contribution < 1.29 is 4.79 Å². The summed E-state index contributed by atoms with van der Waals surface area (Å²) in [5, 5.41) is 8.08. The van der Waals surface area contributed by atoms with Crippen LogP contribution in [0.4, 0.5) is 11.4 Å². The van der Waals surface area contributed by atoms with Crippen molar-refractivity contribution in [2.75, 3.05) is 24.3 Å². The molecule has 2 aromatic rings. The minimum absolute atomic E-state index is 0.191. The van der Waals surface area contributed by atoms with Crippen LogP contribution in [-0.2, 0) is 5.54 Å². The van der Waals surface area contributed by atoms with Gasteiger partial charge in [0.2, 0.25) is 0 Å². The van der Waals surface area contributed by atoms with E-state index in [0.717, 1.165) is 11.4 Å². The Bertz CT molecular complexity index is 772. The summed E-state index contributed by atoms with van der Waals surface area (Å²) in [6.45, 7) is 10.4. The van der Waals surface area contributed by atoms with Gasteiger partial charge in [-0.05, 0) is 44.9 Å². The molecule has 0 bridgehead atoms. The molecular weight excluding hydrogens is 336 g/mol. The molecule has 0 radical (unpaired) electrons. The molecule has 1 aromatic carbocycles. The summed E-state index contributed by atoms with van der Waals surface area (Å²) in [6, 6.07) is 7.32. The fraction of sp³-hybridized carbons (Fsp3) is 0.474. The van der Waals surface area contributed by atoms with E-state index in [4.69, 9.17) is 11.6 Å². The largest absolute Gasteiger partial charge is 0.375 e. The molecule has 0 aliphatic heterocycles. The second kappa shape index (κ2) is 7.08. The Labute approximate surface area is 155 Å². The Morgan fingerprint density at radius 2 is 1.92 bits per heavy atom. The Morgan fingerprint density at radius 1 is 1.28 bits per heavy atom. The first-order valence-corrected chi connectivity index (χ1v) is 8.77. The Kier molecular flexibility index (Phi) is 5.47. The van der Waals surface area contributed by atoms with Gasteiger partial charge in [-0.2, -0.15) is 5.10 Å². The molecule has 1 N–H and O–H groups in total. The summed E-state index contributed by atoms with van der Waals surface area (Å²) in [6.07, 6.45) is 0. The molecule has 0 unspecified atom stereocenters. The molecule has 0 fully saturated rings. The number of hydrogen-bond donors (Lipinski definition) is 1. The highest BCUT2D eigenvalue weighted by Gasteiger charge is 2.24. The summed E-state index contributed by atoms with van der Waals surface area (Å²) in [4.78, 5) is 14.6. The Balaban J connectivity index is 2.39. The van der Waals surface area contributed by atoms with E-state index in [2.05, 4.69) is 45.0 Å². The number of carbonyl (C=O) groups is 1. The van der Waals surface area contributed by atoms with E-state index in [-0.39, 0.29) is 17.4 Å². The third-order valence-corrected chi connectivity index (χ3v) is 4.18. The molecule has 2 rings (SSSR count). The monoisotopic (exact) mass is 362 g/mol. The second-order valence-electron chi connectivity index (χ2n) is 7.68. The van der Waals surface area contributed by atoms with E-state index in [1.807, 2.05) is 41.9 Å².